The molecule has 0 aliphatic carbocycles. The summed E-state index contributed by atoms with van der Waals surface area (Å²) in [7, 11) is -4.63. The average Bonchev–Trinajstić information content (AvgIpc) is 2.69. The fourth-order valence-corrected chi connectivity index (χ4v) is 4.53. The van der Waals surface area contributed by atoms with Gasteiger partial charge in [-0.1, -0.05) is 19.8 Å². The van der Waals surface area contributed by atoms with Crippen LogP contribution in [0, 0.1) is 0 Å². The Morgan fingerprint density at radius 3 is 1.90 bits per heavy atom. The van der Waals surface area contributed by atoms with Gasteiger partial charge in [-0.3, -0.25) is 0 Å². The van der Waals surface area contributed by atoms with Gasteiger partial charge in [0.1, 0.15) is 0 Å². The maximum atomic E-state index is 13.0. The molecule has 0 bridgehead atoms. The molecule has 0 aromatic heterocycles. The molecule has 1 aliphatic rings. The predicted molar refractivity (Wildman–Crippen MR) is 99.7 cm³/mol. The lowest BCUT2D eigenvalue weighted by Gasteiger charge is -2.34. The van der Waals surface area contributed by atoms with Crippen molar-refractivity contribution in [3.8, 4) is 0 Å². The molecule has 6 nitrogen and oxygen atoms in total. The van der Waals surface area contributed by atoms with Crippen LogP contribution in [0.4, 0.5) is 31.1 Å². The lowest BCUT2D eigenvalue weighted by atomic mass is 10.1. The van der Waals surface area contributed by atoms with Crippen LogP contribution in [0.5, 0.6) is 0 Å². The second-order valence-corrected chi connectivity index (χ2v) is 9.01. The van der Waals surface area contributed by atoms with Crippen molar-refractivity contribution in [1.82, 2.24) is 14.5 Å². The Morgan fingerprint density at radius 1 is 0.935 bits per heavy atom. The number of hydrogen-bond donors (Lipinski definition) is 1. The topological polar surface area (TPSA) is 69.7 Å². The van der Waals surface area contributed by atoms with Crippen molar-refractivity contribution in [1.29, 1.82) is 0 Å². The number of halogens is 6. The predicted octanol–water partition coefficient (Wildman–Crippen LogP) is 3.93. The minimum Gasteiger partial charge on any atom is -0.338 e. The molecule has 2 amide bonds. The molecule has 0 spiro atoms. The third kappa shape index (κ3) is 6.48. The molecular formula is C18H23F6N3O3S. The molecule has 0 unspecified atom stereocenters. The van der Waals surface area contributed by atoms with E-state index in [1.165, 1.54) is 4.90 Å². The Labute approximate surface area is 176 Å². The summed E-state index contributed by atoms with van der Waals surface area (Å²) >= 11 is 0. The van der Waals surface area contributed by atoms with Gasteiger partial charge >= 0.3 is 18.4 Å². The number of carbonyl (C=O) groups is 1. The first kappa shape index (κ1) is 25.2. The van der Waals surface area contributed by atoms with Gasteiger partial charge in [0.15, 0.2) is 0 Å². The number of hydrogen-bond acceptors (Lipinski definition) is 3. The molecule has 1 aromatic carbocycles. The minimum atomic E-state index is -5.15. The van der Waals surface area contributed by atoms with E-state index < -0.39 is 44.4 Å². The van der Waals surface area contributed by atoms with E-state index in [0.717, 1.165) is 23.6 Å². The van der Waals surface area contributed by atoms with Crippen LogP contribution in [0.2, 0.25) is 0 Å². The third-order valence-electron chi connectivity index (χ3n) is 4.78. The van der Waals surface area contributed by atoms with E-state index in [4.69, 9.17) is 0 Å². The van der Waals surface area contributed by atoms with Crippen molar-refractivity contribution in [3.05, 3.63) is 29.3 Å². The Morgan fingerprint density at radius 2 is 1.45 bits per heavy atom. The molecule has 13 heteroatoms. The number of nitrogens with one attached hydrogen (secondary N) is 1. The number of piperazine rings is 1. The zero-order chi connectivity index (χ0) is 23.4. The highest BCUT2D eigenvalue weighted by Crippen LogP contribution is 2.37. The number of sulfonamides is 1. The normalized spacial score (nSPS) is 16.4. The summed E-state index contributed by atoms with van der Waals surface area (Å²) in [6.45, 7) is 1.89. The lowest BCUT2D eigenvalue weighted by molar-refractivity contribution is -0.143. The van der Waals surface area contributed by atoms with Crippen molar-refractivity contribution in [2.45, 2.75) is 43.4 Å². The number of amides is 2. The Bertz CT molecular complexity index is 846. The number of urea groups is 1. The van der Waals surface area contributed by atoms with Gasteiger partial charge < -0.3 is 10.2 Å². The molecule has 1 saturated heterocycles. The van der Waals surface area contributed by atoms with E-state index in [9.17, 15) is 39.6 Å². The zero-order valence-corrected chi connectivity index (χ0v) is 17.5. The van der Waals surface area contributed by atoms with Crippen LogP contribution in [-0.4, -0.2) is 56.4 Å². The Kier molecular flexibility index (Phi) is 7.84. The van der Waals surface area contributed by atoms with E-state index in [1.807, 2.05) is 6.92 Å². The molecular weight excluding hydrogens is 452 g/mol. The molecule has 1 aliphatic heterocycles. The van der Waals surface area contributed by atoms with Crippen LogP contribution >= 0.6 is 0 Å². The van der Waals surface area contributed by atoms with Crippen molar-refractivity contribution < 1.29 is 39.6 Å². The van der Waals surface area contributed by atoms with Gasteiger partial charge in [-0.25, -0.2) is 13.2 Å². The maximum Gasteiger partial charge on any atom is 0.416 e. The van der Waals surface area contributed by atoms with Gasteiger partial charge in [0.2, 0.25) is 10.0 Å². The zero-order valence-electron chi connectivity index (χ0n) is 16.7. The molecule has 0 saturated carbocycles. The van der Waals surface area contributed by atoms with Crippen LogP contribution in [-0.2, 0) is 22.4 Å². The van der Waals surface area contributed by atoms with Crippen LogP contribution in [0.25, 0.3) is 0 Å². The van der Waals surface area contributed by atoms with E-state index in [-0.39, 0.29) is 44.4 Å². The number of alkyl halides is 6. The molecule has 1 N–H and O–H groups in total. The number of carbonyl (C=O) groups excluding carboxylic acids is 1. The monoisotopic (exact) mass is 475 g/mol. The lowest BCUT2D eigenvalue weighted by Crippen LogP contribution is -2.53. The Balaban J connectivity index is 2.17. The minimum absolute atomic E-state index is 0.0378. The van der Waals surface area contributed by atoms with Gasteiger partial charge in [-0.05, 0) is 24.6 Å². The molecule has 2 rings (SSSR count). The second-order valence-electron chi connectivity index (χ2n) is 7.07. The van der Waals surface area contributed by atoms with Crippen LogP contribution in [0.3, 0.4) is 0 Å². The summed E-state index contributed by atoms with van der Waals surface area (Å²) < 4.78 is 104. The van der Waals surface area contributed by atoms with Crippen LogP contribution < -0.4 is 5.32 Å². The standard InChI is InChI=1S/C18H23F6N3O3S/c1-2-3-4-5-25-16(28)26-6-8-27(9-7-26)31(29,30)15-11-13(17(19,20)21)10-14(12-15)18(22,23)24/h10-12H,2-9H2,1H3,(H,25,28). The van der Waals surface area contributed by atoms with Crippen molar-refractivity contribution in [3.63, 3.8) is 0 Å². The SMILES string of the molecule is CCCCCNC(=O)N1CCN(S(=O)(=O)c2cc(C(F)(F)F)cc(C(F)(F)F)c2)CC1. The molecule has 1 aromatic rings. The number of unbranched alkanes of at least 4 members (excludes halogenated alkanes) is 2. The smallest absolute Gasteiger partial charge is 0.338 e. The fourth-order valence-electron chi connectivity index (χ4n) is 3.04. The van der Waals surface area contributed by atoms with Gasteiger partial charge in [0.25, 0.3) is 0 Å². The van der Waals surface area contributed by atoms with Crippen molar-refractivity contribution in [2.75, 3.05) is 32.7 Å². The van der Waals surface area contributed by atoms with E-state index in [1.54, 1.807) is 0 Å². The number of nitrogens with zero attached hydrogens (tertiary/aromatic N) is 2. The first-order valence-electron chi connectivity index (χ1n) is 9.59. The van der Waals surface area contributed by atoms with Crippen LogP contribution in [0.15, 0.2) is 23.1 Å². The summed E-state index contributed by atoms with van der Waals surface area (Å²) in [6, 6.07) is -0.138. The van der Waals surface area contributed by atoms with E-state index >= 15 is 0 Å². The van der Waals surface area contributed by atoms with Crippen molar-refractivity contribution in [2.24, 2.45) is 0 Å². The largest absolute Gasteiger partial charge is 0.416 e. The quantitative estimate of drug-likeness (QED) is 0.501. The second kappa shape index (κ2) is 9.63. The van der Waals surface area contributed by atoms with Gasteiger partial charge in [0, 0.05) is 32.7 Å². The molecule has 0 atom stereocenters. The molecule has 1 heterocycles. The Hall–Kier alpha value is -2.02. The number of rotatable bonds is 6. The van der Waals surface area contributed by atoms with Gasteiger partial charge in [-0.15, -0.1) is 0 Å². The third-order valence-corrected chi connectivity index (χ3v) is 6.66. The summed E-state index contributed by atoms with van der Waals surface area (Å²) in [4.78, 5) is 12.4. The van der Waals surface area contributed by atoms with E-state index in [0.29, 0.717) is 6.54 Å². The summed E-state index contributed by atoms with van der Waals surface area (Å²) in [5, 5.41) is 2.69. The van der Waals surface area contributed by atoms with Crippen molar-refractivity contribution >= 4 is 16.1 Å². The summed E-state index contributed by atoms with van der Waals surface area (Å²) in [5.74, 6) is 0. The highest BCUT2D eigenvalue weighted by atomic mass is 32.2. The van der Waals surface area contributed by atoms with E-state index in [2.05, 4.69) is 5.32 Å². The fraction of sp³-hybridized carbons (Fsp3) is 0.611. The molecule has 31 heavy (non-hydrogen) atoms. The molecule has 0 radical (unpaired) electrons. The molecule has 1 fully saturated rings. The summed E-state index contributed by atoms with van der Waals surface area (Å²) in [5.41, 5.74) is -3.41. The van der Waals surface area contributed by atoms with Gasteiger partial charge in [-0.2, -0.15) is 30.6 Å². The average molecular weight is 475 g/mol. The highest BCUT2D eigenvalue weighted by Gasteiger charge is 2.39. The molecule has 176 valence electrons. The number of benzene rings is 1. The highest BCUT2D eigenvalue weighted by molar-refractivity contribution is 7.89. The van der Waals surface area contributed by atoms with Crippen LogP contribution in [0.1, 0.15) is 37.3 Å². The maximum absolute atomic E-state index is 13.0. The first-order valence-corrected chi connectivity index (χ1v) is 11.0. The van der Waals surface area contributed by atoms with Gasteiger partial charge in [0.05, 0.1) is 16.0 Å². The summed E-state index contributed by atoms with van der Waals surface area (Å²) in [6.07, 6.45) is -7.62. The first-order chi connectivity index (χ1) is 14.3.